The molecule has 7 rings (SSSR count). The highest BCUT2D eigenvalue weighted by Gasteiger charge is 2.55. The molecular weight excluding hydrogens is 456 g/mol. The van der Waals surface area contributed by atoms with Gasteiger partial charge in [-0.25, -0.2) is 15.0 Å². The average molecular weight is 487 g/mol. The van der Waals surface area contributed by atoms with Gasteiger partial charge in [0.1, 0.15) is 35.5 Å². The highest BCUT2D eigenvalue weighted by molar-refractivity contribution is 5.91. The van der Waals surface area contributed by atoms with Crippen molar-refractivity contribution in [3.05, 3.63) is 47.9 Å². The van der Waals surface area contributed by atoms with E-state index in [1.54, 1.807) is 12.4 Å². The van der Waals surface area contributed by atoms with Gasteiger partial charge in [0, 0.05) is 23.1 Å². The minimum absolute atomic E-state index is 0.0760. The van der Waals surface area contributed by atoms with E-state index in [9.17, 15) is 0 Å². The Morgan fingerprint density at radius 3 is 2.81 bits per heavy atom. The zero-order valence-electron chi connectivity index (χ0n) is 20.5. The molecule has 2 fully saturated rings. The Morgan fingerprint density at radius 2 is 1.92 bits per heavy atom. The van der Waals surface area contributed by atoms with E-state index in [1.807, 2.05) is 38.1 Å². The number of hydrogen-bond acceptors (Lipinski definition) is 8. The second-order valence-corrected chi connectivity index (χ2v) is 10.6. The molecule has 1 aromatic carbocycles. The fourth-order valence-electron chi connectivity index (χ4n) is 6.49. The molecule has 0 bridgehead atoms. The second kappa shape index (κ2) is 7.78. The molecule has 0 spiro atoms. The number of aryl methyl sites for hydroxylation is 1. The number of fused-ring (bicyclic) bond motifs is 5. The van der Waals surface area contributed by atoms with Crippen molar-refractivity contribution in [2.24, 2.45) is 5.92 Å². The van der Waals surface area contributed by atoms with Crippen molar-refractivity contribution in [1.82, 2.24) is 19.5 Å². The molecule has 9 heteroatoms. The van der Waals surface area contributed by atoms with Crippen LogP contribution in [-0.2, 0) is 22.3 Å². The summed E-state index contributed by atoms with van der Waals surface area (Å²) in [6, 6.07) is 9.79. The number of nitrogens with zero attached hydrogens (tertiary/aromatic N) is 4. The number of hydrogen-bond donors (Lipinski definition) is 2. The third kappa shape index (κ3) is 3.33. The monoisotopic (exact) mass is 486 g/mol. The molecule has 1 aliphatic heterocycles. The third-order valence-electron chi connectivity index (χ3n) is 7.90. The first kappa shape index (κ1) is 21.8. The maximum Gasteiger partial charge on any atom is 0.163 e. The Bertz CT molecular complexity index is 1500. The van der Waals surface area contributed by atoms with E-state index in [-0.39, 0.29) is 24.2 Å². The van der Waals surface area contributed by atoms with Crippen LogP contribution in [0.2, 0.25) is 0 Å². The lowest BCUT2D eigenvalue weighted by Gasteiger charge is -2.25. The van der Waals surface area contributed by atoms with Crippen molar-refractivity contribution in [2.45, 2.75) is 63.6 Å². The molecule has 9 nitrogen and oxygen atoms in total. The van der Waals surface area contributed by atoms with Crippen LogP contribution in [-0.4, -0.2) is 44.1 Å². The SMILES string of the molecule is CC1(C)O[C@@H]2[C@@H](COc3ccc4ccc(N)nc4c3)C[C@@H](n3c4c(c5c(N)ncnc53)CCC4)[C@@H]2O1. The Balaban J connectivity index is 1.22. The summed E-state index contributed by atoms with van der Waals surface area (Å²) < 4.78 is 21.6. The zero-order valence-corrected chi connectivity index (χ0v) is 20.5. The molecule has 4 aromatic rings. The van der Waals surface area contributed by atoms with Gasteiger partial charge >= 0.3 is 0 Å². The third-order valence-corrected chi connectivity index (χ3v) is 7.90. The molecule has 0 amide bonds. The Morgan fingerprint density at radius 1 is 1.08 bits per heavy atom. The number of nitrogen functional groups attached to an aromatic ring is 2. The summed E-state index contributed by atoms with van der Waals surface area (Å²) >= 11 is 0. The average Bonchev–Trinajstić information content (AvgIpc) is 3.57. The first-order chi connectivity index (χ1) is 17.4. The van der Waals surface area contributed by atoms with E-state index in [1.165, 1.54) is 11.3 Å². The number of anilines is 2. The molecule has 4 N–H and O–H groups in total. The number of rotatable bonds is 4. The molecule has 3 aromatic heterocycles. The van der Waals surface area contributed by atoms with Crippen LogP contribution in [0.3, 0.4) is 0 Å². The molecule has 0 unspecified atom stereocenters. The summed E-state index contributed by atoms with van der Waals surface area (Å²) in [6.07, 6.45) is 5.39. The van der Waals surface area contributed by atoms with Crippen LogP contribution in [0.1, 0.15) is 44.0 Å². The summed E-state index contributed by atoms with van der Waals surface area (Å²) in [7, 11) is 0. The van der Waals surface area contributed by atoms with Crippen LogP contribution in [0, 0.1) is 5.92 Å². The van der Waals surface area contributed by atoms with E-state index in [0.29, 0.717) is 18.2 Å². The van der Waals surface area contributed by atoms with Gasteiger partial charge in [-0.2, -0.15) is 0 Å². The fourth-order valence-corrected chi connectivity index (χ4v) is 6.49. The number of pyridine rings is 1. The molecule has 1 saturated carbocycles. The van der Waals surface area contributed by atoms with Crippen LogP contribution in [0.4, 0.5) is 11.6 Å². The van der Waals surface area contributed by atoms with Gasteiger partial charge in [-0.05, 0) is 69.4 Å². The number of nitrogens with two attached hydrogens (primary N) is 2. The van der Waals surface area contributed by atoms with Crippen LogP contribution >= 0.6 is 0 Å². The van der Waals surface area contributed by atoms with Crippen molar-refractivity contribution in [3.8, 4) is 5.75 Å². The van der Waals surface area contributed by atoms with Gasteiger partial charge in [-0.3, -0.25) is 0 Å². The van der Waals surface area contributed by atoms with E-state index in [4.69, 9.17) is 25.7 Å². The topological polar surface area (TPSA) is 123 Å². The van der Waals surface area contributed by atoms with E-state index in [0.717, 1.165) is 53.4 Å². The summed E-state index contributed by atoms with van der Waals surface area (Å²) in [6.45, 7) is 4.49. The van der Waals surface area contributed by atoms with E-state index < -0.39 is 5.79 Å². The summed E-state index contributed by atoms with van der Waals surface area (Å²) in [5.41, 5.74) is 16.5. The number of ether oxygens (including phenoxy) is 3. The number of aromatic nitrogens is 4. The molecular formula is C27H30N6O3. The van der Waals surface area contributed by atoms with Crippen LogP contribution < -0.4 is 16.2 Å². The Labute approximate surface area is 208 Å². The van der Waals surface area contributed by atoms with Gasteiger partial charge in [0.2, 0.25) is 0 Å². The minimum Gasteiger partial charge on any atom is -0.493 e. The lowest BCUT2D eigenvalue weighted by molar-refractivity contribution is -0.161. The molecule has 2 aliphatic carbocycles. The summed E-state index contributed by atoms with van der Waals surface area (Å²) in [4.78, 5) is 13.4. The van der Waals surface area contributed by atoms with Gasteiger partial charge in [0.25, 0.3) is 0 Å². The summed E-state index contributed by atoms with van der Waals surface area (Å²) in [5.74, 6) is 1.32. The molecule has 1 saturated heterocycles. The van der Waals surface area contributed by atoms with Crippen molar-refractivity contribution >= 4 is 33.6 Å². The van der Waals surface area contributed by atoms with Crippen LogP contribution in [0.5, 0.6) is 5.75 Å². The highest BCUT2D eigenvalue weighted by Crippen LogP contribution is 2.50. The van der Waals surface area contributed by atoms with Gasteiger partial charge in [0.15, 0.2) is 5.79 Å². The fraction of sp³-hybridized carbons (Fsp3) is 0.444. The number of benzene rings is 1. The van der Waals surface area contributed by atoms with E-state index >= 15 is 0 Å². The molecule has 186 valence electrons. The normalized spacial score (nSPS) is 26.5. The second-order valence-electron chi connectivity index (χ2n) is 10.6. The summed E-state index contributed by atoms with van der Waals surface area (Å²) in [5, 5.41) is 2.03. The van der Waals surface area contributed by atoms with Gasteiger partial charge in [-0.15, -0.1) is 0 Å². The minimum atomic E-state index is -0.656. The zero-order chi connectivity index (χ0) is 24.6. The predicted octanol–water partition coefficient (Wildman–Crippen LogP) is 3.79. The molecule has 0 radical (unpaired) electrons. The molecule has 36 heavy (non-hydrogen) atoms. The maximum atomic E-state index is 6.50. The quantitative estimate of drug-likeness (QED) is 0.447. The molecule has 4 atom stereocenters. The first-order valence-electron chi connectivity index (χ1n) is 12.6. The lowest BCUT2D eigenvalue weighted by atomic mass is 10.1. The molecule has 3 aliphatic rings. The maximum absolute atomic E-state index is 6.50. The van der Waals surface area contributed by atoms with Gasteiger partial charge in [0.05, 0.1) is 29.7 Å². The van der Waals surface area contributed by atoms with Crippen molar-refractivity contribution in [3.63, 3.8) is 0 Å². The van der Waals surface area contributed by atoms with E-state index in [2.05, 4.69) is 19.5 Å². The standard InChI is InChI=1S/C27H30N6O3/c1-27(2)35-23-15(12-34-16-8-6-14-7-9-21(28)32-18(14)11-16)10-20(24(23)36-27)33-19-5-3-4-17(19)22-25(29)30-13-31-26(22)33/h6-9,11,13,15,20,23-24H,3-5,10,12H2,1-2H3,(H2,28,32)(H2,29,30,31)/t15-,20-,23-,24+/m1/s1. The Hall–Kier alpha value is -3.43. The van der Waals surface area contributed by atoms with Crippen molar-refractivity contribution in [1.29, 1.82) is 0 Å². The first-order valence-corrected chi connectivity index (χ1v) is 12.6. The Kier molecular flexibility index (Phi) is 4.72. The van der Waals surface area contributed by atoms with Crippen LogP contribution in [0.15, 0.2) is 36.7 Å². The van der Waals surface area contributed by atoms with Crippen molar-refractivity contribution < 1.29 is 14.2 Å². The van der Waals surface area contributed by atoms with Crippen LogP contribution in [0.25, 0.3) is 21.9 Å². The smallest absolute Gasteiger partial charge is 0.163 e. The van der Waals surface area contributed by atoms with Gasteiger partial charge < -0.3 is 30.2 Å². The largest absolute Gasteiger partial charge is 0.493 e. The van der Waals surface area contributed by atoms with Crippen molar-refractivity contribution in [2.75, 3.05) is 18.1 Å². The van der Waals surface area contributed by atoms with Gasteiger partial charge in [-0.1, -0.05) is 0 Å². The lowest BCUT2D eigenvalue weighted by Crippen LogP contribution is -2.29. The predicted molar refractivity (Wildman–Crippen MR) is 137 cm³/mol. The molecule has 4 heterocycles. The highest BCUT2D eigenvalue weighted by atomic mass is 16.8.